The molecule has 2 nitrogen and oxygen atoms in total. The van der Waals surface area contributed by atoms with Gasteiger partial charge >= 0.3 is 0 Å². The Balaban J connectivity index is 2.10. The minimum atomic E-state index is 0.229. The number of carbonyl (C=O) groups is 1. The quantitative estimate of drug-likeness (QED) is 0.539. The maximum absolute atomic E-state index is 11.2. The molecule has 2 bridgehead atoms. The third-order valence-electron chi connectivity index (χ3n) is 2.61. The predicted octanol–water partition coefficient (Wildman–Crippen LogP) is 0.860. The zero-order valence-electron chi connectivity index (χ0n) is 6.10. The fraction of sp³-hybridized carbons (Fsp3) is 0.875. The highest BCUT2D eigenvalue weighted by molar-refractivity contribution is 5.84. The van der Waals surface area contributed by atoms with E-state index in [1.54, 1.807) is 0 Å². The van der Waals surface area contributed by atoms with E-state index in [9.17, 15) is 4.79 Å². The summed E-state index contributed by atoms with van der Waals surface area (Å²) in [5, 5.41) is 3.35. The molecule has 1 unspecified atom stereocenters. The molecule has 0 aliphatic carbocycles. The van der Waals surface area contributed by atoms with Crippen molar-refractivity contribution in [1.29, 1.82) is 0 Å². The van der Waals surface area contributed by atoms with E-state index in [4.69, 9.17) is 0 Å². The van der Waals surface area contributed by atoms with Gasteiger partial charge in [0, 0.05) is 12.5 Å². The minimum absolute atomic E-state index is 0.229. The summed E-state index contributed by atoms with van der Waals surface area (Å²) in [6, 6.07) is 0.893. The number of ketones is 1. The fourth-order valence-corrected chi connectivity index (χ4v) is 2.00. The lowest BCUT2D eigenvalue weighted by atomic mass is 10.0. The Bertz CT molecular complexity index is 155. The first-order chi connectivity index (χ1) is 4.86. The van der Waals surface area contributed by atoms with Gasteiger partial charge in [-0.1, -0.05) is 0 Å². The van der Waals surface area contributed by atoms with Gasteiger partial charge in [0.25, 0.3) is 0 Å². The van der Waals surface area contributed by atoms with Crippen LogP contribution in [-0.2, 0) is 4.79 Å². The van der Waals surface area contributed by atoms with E-state index in [-0.39, 0.29) is 6.04 Å². The molecule has 2 atom stereocenters. The van der Waals surface area contributed by atoms with Crippen LogP contribution >= 0.6 is 0 Å². The van der Waals surface area contributed by atoms with E-state index >= 15 is 0 Å². The van der Waals surface area contributed by atoms with Crippen molar-refractivity contribution >= 4 is 5.78 Å². The highest BCUT2D eigenvalue weighted by Crippen LogP contribution is 2.22. The SMILES string of the molecule is O=C1CCC[C@H]2CCC1N2. The van der Waals surface area contributed by atoms with Crippen LogP contribution in [0.5, 0.6) is 0 Å². The van der Waals surface area contributed by atoms with Crippen LogP contribution in [0.4, 0.5) is 0 Å². The van der Waals surface area contributed by atoms with Crippen LogP contribution in [0.25, 0.3) is 0 Å². The van der Waals surface area contributed by atoms with E-state index in [1.165, 1.54) is 12.8 Å². The molecular formula is C8H13NO. The topological polar surface area (TPSA) is 29.1 Å². The summed E-state index contributed by atoms with van der Waals surface area (Å²) in [5.74, 6) is 0.444. The average Bonchev–Trinajstić information content (AvgIpc) is 2.27. The maximum Gasteiger partial charge on any atom is 0.149 e. The normalized spacial score (nSPS) is 39.8. The standard InChI is InChI=1S/C8H13NO/c10-8-3-1-2-6-4-5-7(8)9-6/h6-7,9H,1-5H2/t6-,7?/m0/s1. The van der Waals surface area contributed by atoms with E-state index in [2.05, 4.69) is 5.32 Å². The van der Waals surface area contributed by atoms with Crippen molar-refractivity contribution in [3.8, 4) is 0 Å². The first-order valence-corrected chi connectivity index (χ1v) is 4.15. The summed E-state index contributed by atoms with van der Waals surface area (Å²) in [5.41, 5.74) is 0. The number of nitrogens with one attached hydrogen (secondary N) is 1. The van der Waals surface area contributed by atoms with E-state index in [0.29, 0.717) is 11.8 Å². The smallest absolute Gasteiger partial charge is 0.149 e. The summed E-state index contributed by atoms with van der Waals surface area (Å²) in [7, 11) is 0. The van der Waals surface area contributed by atoms with Crippen LogP contribution in [-0.4, -0.2) is 17.9 Å². The van der Waals surface area contributed by atoms with Crippen molar-refractivity contribution in [2.24, 2.45) is 0 Å². The van der Waals surface area contributed by atoms with Crippen LogP contribution in [0, 0.1) is 0 Å². The average molecular weight is 139 g/mol. The molecule has 2 aliphatic rings. The Hall–Kier alpha value is -0.370. The molecule has 0 aromatic heterocycles. The van der Waals surface area contributed by atoms with E-state index < -0.39 is 0 Å². The van der Waals surface area contributed by atoms with Gasteiger partial charge in [0.1, 0.15) is 5.78 Å². The summed E-state index contributed by atoms with van der Waals surface area (Å²) >= 11 is 0. The van der Waals surface area contributed by atoms with Crippen molar-refractivity contribution in [3.05, 3.63) is 0 Å². The highest BCUT2D eigenvalue weighted by Gasteiger charge is 2.30. The molecular weight excluding hydrogens is 126 g/mol. The van der Waals surface area contributed by atoms with Crippen molar-refractivity contribution in [1.82, 2.24) is 5.32 Å². The van der Waals surface area contributed by atoms with Gasteiger partial charge < -0.3 is 5.32 Å². The molecule has 0 aromatic carbocycles. The Labute approximate surface area is 61.0 Å². The molecule has 2 aliphatic heterocycles. The monoisotopic (exact) mass is 139 g/mol. The van der Waals surface area contributed by atoms with Crippen molar-refractivity contribution in [2.45, 2.75) is 44.2 Å². The second kappa shape index (κ2) is 2.35. The minimum Gasteiger partial charge on any atom is -0.305 e. The Kier molecular flexibility index (Phi) is 1.49. The lowest BCUT2D eigenvalue weighted by molar-refractivity contribution is -0.120. The summed E-state index contributed by atoms with van der Waals surface area (Å²) in [6.45, 7) is 0. The second-order valence-electron chi connectivity index (χ2n) is 3.35. The Morgan fingerprint density at radius 2 is 2.20 bits per heavy atom. The number of Topliss-reactive ketones (excluding diaryl/α,β-unsaturated/α-hetero) is 1. The summed E-state index contributed by atoms with van der Waals surface area (Å²) in [6.07, 6.45) is 5.43. The fourth-order valence-electron chi connectivity index (χ4n) is 2.00. The Morgan fingerprint density at radius 3 is 3.10 bits per heavy atom. The lowest BCUT2D eigenvalue weighted by Gasteiger charge is -2.05. The van der Waals surface area contributed by atoms with Gasteiger partial charge in [-0.2, -0.15) is 0 Å². The zero-order valence-corrected chi connectivity index (χ0v) is 6.10. The van der Waals surface area contributed by atoms with Gasteiger partial charge in [-0.3, -0.25) is 4.79 Å². The molecule has 2 saturated heterocycles. The molecule has 0 aromatic rings. The van der Waals surface area contributed by atoms with Gasteiger partial charge in [0.05, 0.1) is 6.04 Å². The number of hydrogen-bond acceptors (Lipinski definition) is 2. The molecule has 0 radical (unpaired) electrons. The molecule has 1 N–H and O–H groups in total. The third kappa shape index (κ3) is 0.966. The maximum atomic E-state index is 11.2. The van der Waals surface area contributed by atoms with Crippen molar-refractivity contribution in [3.63, 3.8) is 0 Å². The largest absolute Gasteiger partial charge is 0.305 e. The summed E-state index contributed by atoms with van der Waals surface area (Å²) < 4.78 is 0. The van der Waals surface area contributed by atoms with Gasteiger partial charge in [0.15, 0.2) is 0 Å². The van der Waals surface area contributed by atoms with Crippen LogP contribution in [0.15, 0.2) is 0 Å². The van der Waals surface area contributed by atoms with Gasteiger partial charge in [-0.25, -0.2) is 0 Å². The van der Waals surface area contributed by atoms with Gasteiger partial charge in [-0.15, -0.1) is 0 Å². The first kappa shape index (κ1) is 6.35. The molecule has 10 heavy (non-hydrogen) atoms. The van der Waals surface area contributed by atoms with Crippen LogP contribution < -0.4 is 5.32 Å². The Morgan fingerprint density at radius 1 is 1.30 bits per heavy atom. The molecule has 2 heterocycles. The highest BCUT2D eigenvalue weighted by atomic mass is 16.1. The molecule has 0 amide bonds. The third-order valence-corrected chi connectivity index (χ3v) is 2.61. The van der Waals surface area contributed by atoms with Gasteiger partial charge in [-0.05, 0) is 25.7 Å². The summed E-state index contributed by atoms with van der Waals surface area (Å²) in [4.78, 5) is 11.2. The van der Waals surface area contributed by atoms with Crippen LogP contribution in [0.2, 0.25) is 0 Å². The van der Waals surface area contributed by atoms with Crippen molar-refractivity contribution < 1.29 is 4.79 Å². The molecule has 2 rings (SSSR count). The van der Waals surface area contributed by atoms with Crippen LogP contribution in [0.3, 0.4) is 0 Å². The molecule has 0 saturated carbocycles. The molecule has 0 spiro atoms. The van der Waals surface area contributed by atoms with Crippen LogP contribution in [0.1, 0.15) is 32.1 Å². The predicted molar refractivity (Wildman–Crippen MR) is 38.8 cm³/mol. The number of rotatable bonds is 0. The molecule has 2 fully saturated rings. The number of carbonyl (C=O) groups excluding carboxylic acids is 1. The van der Waals surface area contributed by atoms with E-state index in [0.717, 1.165) is 19.3 Å². The van der Waals surface area contributed by atoms with Gasteiger partial charge in [0.2, 0.25) is 0 Å². The van der Waals surface area contributed by atoms with Crippen molar-refractivity contribution in [2.75, 3.05) is 0 Å². The number of hydrogen-bond donors (Lipinski definition) is 1. The van der Waals surface area contributed by atoms with E-state index in [1.807, 2.05) is 0 Å². The second-order valence-corrected chi connectivity index (χ2v) is 3.35. The molecule has 2 heteroatoms. The first-order valence-electron chi connectivity index (χ1n) is 4.15. The lowest BCUT2D eigenvalue weighted by Crippen LogP contribution is -2.32. The number of fused-ring (bicyclic) bond motifs is 2. The molecule has 56 valence electrons. The zero-order chi connectivity index (χ0) is 6.97.